The second-order valence-corrected chi connectivity index (χ2v) is 5.80. The van der Waals surface area contributed by atoms with Gasteiger partial charge in [0.15, 0.2) is 0 Å². The first-order valence-corrected chi connectivity index (χ1v) is 7.67. The van der Waals surface area contributed by atoms with Crippen LogP contribution in [0.25, 0.3) is 0 Å². The van der Waals surface area contributed by atoms with Crippen LogP contribution >= 0.6 is 16.4 Å². The van der Waals surface area contributed by atoms with Gasteiger partial charge in [-0.1, -0.05) is 69.2 Å². The third kappa shape index (κ3) is 8.13. The van der Waals surface area contributed by atoms with Crippen molar-refractivity contribution in [1.82, 2.24) is 0 Å². The molecular weight excluding hydrogens is 270 g/mol. The van der Waals surface area contributed by atoms with E-state index in [-0.39, 0.29) is 0 Å². The SMILES string of the molecule is O=P(O)(O)O.c1ccc(Pc2ccccc2)cc1. The first kappa shape index (κ1) is 15.0. The molecule has 2 rings (SSSR count). The average molecular weight is 284 g/mol. The van der Waals surface area contributed by atoms with Crippen LogP contribution in [0, 0.1) is 0 Å². The first-order valence-electron chi connectivity index (χ1n) is 5.10. The molecule has 2 aromatic carbocycles. The van der Waals surface area contributed by atoms with Gasteiger partial charge >= 0.3 is 7.82 Å². The Hall–Kier alpha value is -1.02. The summed E-state index contributed by atoms with van der Waals surface area (Å²) >= 11 is 0. The average Bonchev–Trinajstić information content (AvgIpc) is 2.29. The van der Waals surface area contributed by atoms with Crippen molar-refractivity contribution in [1.29, 1.82) is 0 Å². The van der Waals surface area contributed by atoms with E-state index in [4.69, 9.17) is 19.2 Å². The van der Waals surface area contributed by atoms with E-state index >= 15 is 0 Å². The van der Waals surface area contributed by atoms with Crippen LogP contribution in [0.4, 0.5) is 0 Å². The molecule has 0 atom stereocenters. The molecule has 0 spiro atoms. The molecular formula is C12H14O4P2. The van der Waals surface area contributed by atoms with Gasteiger partial charge < -0.3 is 14.7 Å². The molecule has 3 N–H and O–H groups in total. The third-order valence-corrected chi connectivity index (χ3v) is 3.08. The Morgan fingerprint density at radius 3 is 1.28 bits per heavy atom. The third-order valence-electron chi connectivity index (χ3n) is 1.84. The topological polar surface area (TPSA) is 77.8 Å². The molecule has 4 nitrogen and oxygen atoms in total. The van der Waals surface area contributed by atoms with E-state index in [0.29, 0.717) is 0 Å². The highest BCUT2D eigenvalue weighted by atomic mass is 31.2. The molecule has 0 unspecified atom stereocenters. The van der Waals surface area contributed by atoms with Gasteiger partial charge in [0, 0.05) is 0 Å². The molecule has 0 saturated carbocycles. The summed E-state index contributed by atoms with van der Waals surface area (Å²) in [5, 5.41) is 2.79. The smallest absolute Gasteiger partial charge is 0.303 e. The highest BCUT2D eigenvalue weighted by molar-refractivity contribution is 7.55. The molecule has 2 aromatic rings. The lowest BCUT2D eigenvalue weighted by Crippen LogP contribution is -2.01. The van der Waals surface area contributed by atoms with Crippen molar-refractivity contribution in [3.05, 3.63) is 60.7 Å². The van der Waals surface area contributed by atoms with Crippen LogP contribution in [-0.4, -0.2) is 14.7 Å². The molecule has 0 aliphatic rings. The molecule has 0 amide bonds. The Morgan fingerprint density at radius 1 is 0.722 bits per heavy atom. The van der Waals surface area contributed by atoms with E-state index in [1.807, 2.05) is 0 Å². The maximum Gasteiger partial charge on any atom is 0.466 e. The van der Waals surface area contributed by atoms with E-state index in [9.17, 15) is 0 Å². The fraction of sp³-hybridized carbons (Fsp3) is 0. The molecule has 0 radical (unpaired) electrons. The highest BCUT2D eigenvalue weighted by Gasteiger charge is 2.00. The van der Waals surface area contributed by atoms with Crippen LogP contribution in [-0.2, 0) is 4.57 Å². The molecule has 18 heavy (non-hydrogen) atoms. The van der Waals surface area contributed by atoms with Crippen molar-refractivity contribution in [2.24, 2.45) is 0 Å². The van der Waals surface area contributed by atoms with E-state index in [1.165, 1.54) is 10.6 Å². The minimum absolute atomic E-state index is 0.777. The Kier molecular flexibility index (Phi) is 6.20. The first-order chi connectivity index (χ1) is 8.45. The summed E-state index contributed by atoms with van der Waals surface area (Å²) < 4.78 is 8.88. The minimum atomic E-state index is -4.64. The number of benzene rings is 2. The van der Waals surface area contributed by atoms with Crippen molar-refractivity contribution >= 4 is 27.0 Å². The van der Waals surface area contributed by atoms with Gasteiger partial charge in [-0.25, -0.2) is 4.57 Å². The van der Waals surface area contributed by atoms with E-state index in [1.54, 1.807) is 0 Å². The number of hydrogen-bond acceptors (Lipinski definition) is 1. The van der Waals surface area contributed by atoms with Gasteiger partial charge in [-0.2, -0.15) is 0 Å². The summed E-state index contributed by atoms with van der Waals surface area (Å²) in [6, 6.07) is 21.2. The number of hydrogen-bond donors (Lipinski definition) is 3. The van der Waals surface area contributed by atoms with Gasteiger partial charge in [0.2, 0.25) is 0 Å². The summed E-state index contributed by atoms with van der Waals surface area (Å²) in [5.74, 6) is 0. The van der Waals surface area contributed by atoms with Gasteiger partial charge in [-0.05, 0) is 10.6 Å². The zero-order valence-electron chi connectivity index (χ0n) is 9.47. The molecule has 96 valence electrons. The largest absolute Gasteiger partial charge is 0.466 e. The van der Waals surface area contributed by atoms with Crippen molar-refractivity contribution in [2.75, 3.05) is 0 Å². The predicted octanol–water partition coefficient (Wildman–Crippen LogP) is 1.39. The minimum Gasteiger partial charge on any atom is -0.303 e. The fourth-order valence-corrected chi connectivity index (χ4v) is 2.26. The van der Waals surface area contributed by atoms with Crippen LogP contribution in [0.1, 0.15) is 0 Å². The molecule has 0 aromatic heterocycles. The van der Waals surface area contributed by atoms with Gasteiger partial charge in [-0.3, -0.25) is 0 Å². The monoisotopic (exact) mass is 284 g/mol. The predicted molar refractivity (Wildman–Crippen MR) is 74.7 cm³/mol. The Bertz CT molecular complexity index is 450. The second-order valence-electron chi connectivity index (χ2n) is 3.37. The van der Waals surface area contributed by atoms with Crippen LogP contribution in [0.15, 0.2) is 60.7 Å². The number of rotatable bonds is 2. The molecule has 0 fully saturated rings. The molecule has 0 saturated heterocycles. The summed E-state index contributed by atoms with van der Waals surface area (Å²) in [4.78, 5) is 21.6. The Balaban J connectivity index is 0.000000280. The van der Waals surface area contributed by atoms with Gasteiger partial charge in [-0.15, -0.1) is 0 Å². The molecule has 0 bridgehead atoms. The van der Waals surface area contributed by atoms with Crippen molar-refractivity contribution < 1.29 is 19.2 Å². The molecule has 6 heteroatoms. The maximum atomic E-state index is 8.88. The summed E-state index contributed by atoms with van der Waals surface area (Å²) in [6.45, 7) is 0. The molecule has 0 aliphatic carbocycles. The van der Waals surface area contributed by atoms with Crippen LogP contribution < -0.4 is 10.6 Å². The zero-order chi connectivity index (χ0) is 13.4. The second kappa shape index (κ2) is 7.42. The van der Waals surface area contributed by atoms with Gasteiger partial charge in [0.1, 0.15) is 0 Å². The normalized spacial score (nSPS) is 10.4. The Labute approximate surface area is 107 Å². The lowest BCUT2D eigenvalue weighted by Gasteiger charge is -2.00. The van der Waals surface area contributed by atoms with E-state index in [2.05, 4.69) is 60.7 Å². The summed E-state index contributed by atoms with van der Waals surface area (Å²) in [5.41, 5.74) is 0. The lowest BCUT2D eigenvalue weighted by molar-refractivity contribution is 0.275. The van der Waals surface area contributed by atoms with Crippen LogP contribution in [0.5, 0.6) is 0 Å². The van der Waals surface area contributed by atoms with Crippen LogP contribution in [0.3, 0.4) is 0 Å². The van der Waals surface area contributed by atoms with Gasteiger partial charge in [0.05, 0.1) is 0 Å². The van der Waals surface area contributed by atoms with Crippen molar-refractivity contribution in [2.45, 2.75) is 0 Å². The maximum absolute atomic E-state index is 8.88. The molecule has 0 heterocycles. The Morgan fingerprint density at radius 2 is 1.00 bits per heavy atom. The quantitative estimate of drug-likeness (QED) is 0.728. The summed E-state index contributed by atoms with van der Waals surface area (Å²) in [7, 11) is -3.86. The van der Waals surface area contributed by atoms with E-state index in [0.717, 1.165) is 8.58 Å². The standard InChI is InChI=1S/C12H11P.H3O4P/c1-3-7-11(8-4-1)13-12-9-5-2-6-10-12;1-5(2,3)4/h1-10,13H;(H3,1,2,3,4). The van der Waals surface area contributed by atoms with E-state index < -0.39 is 7.82 Å². The molecule has 0 aliphatic heterocycles. The highest BCUT2D eigenvalue weighted by Crippen LogP contribution is 2.25. The van der Waals surface area contributed by atoms with Crippen molar-refractivity contribution in [3.8, 4) is 0 Å². The lowest BCUT2D eigenvalue weighted by atomic mass is 10.4. The van der Waals surface area contributed by atoms with Crippen LogP contribution in [0.2, 0.25) is 0 Å². The summed E-state index contributed by atoms with van der Waals surface area (Å²) in [6.07, 6.45) is 0. The zero-order valence-corrected chi connectivity index (χ0v) is 11.4. The fourth-order valence-electron chi connectivity index (χ4n) is 1.21. The number of phosphoric acid groups is 1. The van der Waals surface area contributed by atoms with Gasteiger partial charge in [0.25, 0.3) is 0 Å². The van der Waals surface area contributed by atoms with Crippen molar-refractivity contribution in [3.63, 3.8) is 0 Å².